The first-order valence-corrected chi connectivity index (χ1v) is 9.04. The van der Waals surface area contributed by atoms with E-state index in [2.05, 4.69) is 41.4 Å². The average molecular weight is 337 g/mol. The number of aryl methyl sites for hydroxylation is 2. The molecule has 0 radical (unpaired) electrons. The van der Waals surface area contributed by atoms with E-state index in [-0.39, 0.29) is 6.03 Å². The fraction of sp³-hybridized carbons (Fsp3) is 0.381. The van der Waals surface area contributed by atoms with Gasteiger partial charge in [-0.2, -0.15) is 0 Å². The third kappa shape index (κ3) is 3.78. The van der Waals surface area contributed by atoms with Gasteiger partial charge in [-0.05, 0) is 43.5 Å². The predicted octanol–water partition coefficient (Wildman–Crippen LogP) is 4.44. The Kier molecular flexibility index (Phi) is 5.27. The molecule has 1 fully saturated rings. The van der Waals surface area contributed by atoms with Crippen LogP contribution in [0.25, 0.3) is 0 Å². The zero-order valence-electron chi connectivity index (χ0n) is 15.3. The number of hydrogen-bond donors (Lipinski definition) is 1. The van der Waals surface area contributed by atoms with E-state index < -0.39 is 0 Å². The van der Waals surface area contributed by atoms with Crippen LogP contribution in [0.1, 0.15) is 24.5 Å². The van der Waals surface area contributed by atoms with Gasteiger partial charge in [0.2, 0.25) is 0 Å². The van der Waals surface area contributed by atoms with Crippen molar-refractivity contribution in [2.45, 2.75) is 33.2 Å². The molecule has 4 heteroatoms. The second kappa shape index (κ2) is 7.60. The van der Waals surface area contributed by atoms with E-state index in [4.69, 9.17) is 0 Å². The van der Waals surface area contributed by atoms with Gasteiger partial charge < -0.3 is 15.1 Å². The number of nitrogens with zero attached hydrogens (tertiary/aromatic N) is 2. The molecule has 3 rings (SSSR count). The fourth-order valence-electron chi connectivity index (χ4n) is 3.40. The van der Waals surface area contributed by atoms with Crippen LogP contribution in [-0.4, -0.2) is 36.6 Å². The summed E-state index contributed by atoms with van der Waals surface area (Å²) in [4.78, 5) is 16.9. The lowest BCUT2D eigenvalue weighted by Gasteiger charge is -2.46. The van der Waals surface area contributed by atoms with Gasteiger partial charge in [0.1, 0.15) is 0 Å². The molecule has 0 atom stereocenters. The van der Waals surface area contributed by atoms with Crippen molar-refractivity contribution in [1.82, 2.24) is 4.90 Å². The predicted molar refractivity (Wildman–Crippen MR) is 104 cm³/mol. The minimum Gasteiger partial charge on any atom is -0.365 e. The number of para-hydroxylation sites is 2. The highest BCUT2D eigenvalue weighted by Crippen LogP contribution is 2.25. The Morgan fingerprint density at radius 2 is 1.72 bits per heavy atom. The van der Waals surface area contributed by atoms with Crippen molar-refractivity contribution in [2.24, 2.45) is 0 Å². The Labute approximate surface area is 150 Å². The quantitative estimate of drug-likeness (QED) is 0.876. The highest BCUT2D eigenvalue weighted by molar-refractivity contribution is 5.91. The maximum absolute atomic E-state index is 12.6. The van der Waals surface area contributed by atoms with Gasteiger partial charge in [-0.25, -0.2) is 4.79 Å². The molecular weight excluding hydrogens is 310 g/mol. The Morgan fingerprint density at radius 3 is 2.32 bits per heavy atom. The zero-order chi connectivity index (χ0) is 17.8. The molecule has 1 aliphatic rings. The van der Waals surface area contributed by atoms with Crippen molar-refractivity contribution in [3.8, 4) is 0 Å². The van der Waals surface area contributed by atoms with Crippen molar-refractivity contribution < 1.29 is 4.79 Å². The van der Waals surface area contributed by atoms with Gasteiger partial charge in [-0.1, -0.05) is 43.3 Å². The SMILES string of the molecule is CCCN(c1ccccc1)C1CN(C(=O)Nc2c(C)cccc2C)C1. The van der Waals surface area contributed by atoms with Crippen LogP contribution in [-0.2, 0) is 0 Å². The molecular formula is C21H27N3O. The third-order valence-corrected chi connectivity index (χ3v) is 4.86. The van der Waals surface area contributed by atoms with E-state index in [0.29, 0.717) is 6.04 Å². The maximum atomic E-state index is 12.6. The zero-order valence-corrected chi connectivity index (χ0v) is 15.3. The number of urea groups is 1. The molecule has 2 aromatic carbocycles. The van der Waals surface area contributed by atoms with Gasteiger partial charge in [0.25, 0.3) is 0 Å². The summed E-state index contributed by atoms with van der Waals surface area (Å²) in [5, 5.41) is 3.08. The average Bonchev–Trinajstić information content (AvgIpc) is 2.57. The summed E-state index contributed by atoms with van der Waals surface area (Å²) in [6.45, 7) is 8.80. The topological polar surface area (TPSA) is 35.6 Å². The standard InChI is InChI=1S/C21H27N3O/c1-4-13-24(18-11-6-5-7-12-18)19-14-23(15-19)21(25)22-20-16(2)9-8-10-17(20)3/h5-12,19H,4,13-15H2,1-3H3,(H,22,25). The summed E-state index contributed by atoms with van der Waals surface area (Å²) in [5.74, 6) is 0. The van der Waals surface area contributed by atoms with Gasteiger partial charge >= 0.3 is 6.03 Å². The molecule has 1 aliphatic heterocycles. The lowest BCUT2D eigenvalue weighted by Crippen LogP contribution is -2.62. The van der Waals surface area contributed by atoms with Gasteiger partial charge in [0.15, 0.2) is 0 Å². The Hall–Kier alpha value is -2.49. The molecule has 0 saturated carbocycles. The molecule has 4 nitrogen and oxygen atoms in total. The summed E-state index contributed by atoms with van der Waals surface area (Å²) >= 11 is 0. The monoisotopic (exact) mass is 337 g/mol. The lowest BCUT2D eigenvalue weighted by molar-refractivity contribution is 0.161. The van der Waals surface area contributed by atoms with Crippen LogP contribution in [0.4, 0.5) is 16.2 Å². The molecule has 0 bridgehead atoms. The van der Waals surface area contributed by atoms with Crippen LogP contribution >= 0.6 is 0 Å². The molecule has 2 amide bonds. The van der Waals surface area contributed by atoms with E-state index in [1.54, 1.807) is 0 Å². The van der Waals surface area contributed by atoms with E-state index in [1.807, 2.05) is 43.0 Å². The molecule has 1 saturated heterocycles. The number of amides is 2. The number of likely N-dealkylation sites (tertiary alicyclic amines) is 1. The summed E-state index contributed by atoms with van der Waals surface area (Å²) < 4.78 is 0. The van der Waals surface area contributed by atoms with Gasteiger partial charge in [-0.15, -0.1) is 0 Å². The van der Waals surface area contributed by atoms with Crippen molar-refractivity contribution >= 4 is 17.4 Å². The number of carbonyl (C=O) groups is 1. The minimum absolute atomic E-state index is 0.00170. The Bertz CT molecular complexity index is 703. The van der Waals surface area contributed by atoms with Crippen LogP contribution in [0.3, 0.4) is 0 Å². The molecule has 2 aromatic rings. The van der Waals surface area contributed by atoms with E-state index in [1.165, 1.54) is 5.69 Å². The minimum atomic E-state index is -0.00170. The molecule has 0 spiro atoms. The van der Waals surface area contributed by atoms with Gasteiger partial charge in [0.05, 0.1) is 6.04 Å². The molecule has 25 heavy (non-hydrogen) atoms. The van der Waals surface area contributed by atoms with Crippen molar-refractivity contribution in [1.29, 1.82) is 0 Å². The molecule has 132 valence electrons. The Morgan fingerprint density at radius 1 is 1.08 bits per heavy atom. The highest BCUT2D eigenvalue weighted by atomic mass is 16.2. The number of rotatable bonds is 5. The summed E-state index contributed by atoms with van der Waals surface area (Å²) in [7, 11) is 0. The third-order valence-electron chi connectivity index (χ3n) is 4.86. The van der Waals surface area contributed by atoms with E-state index in [9.17, 15) is 4.79 Å². The largest absolute Gasteiger partial charge is 0.365 e. The number of anilines is 2. The second-order valence-electron chi connectivity index (χ2n) is 6.78. The molecule has 1 N–H and O–H groups in total. The van der Waals surface area contributed by atoms with Crippen molar-refractivity contribution in [3.05, 3.63) is 59.7 Å². The Balaban J connectivity index is 1.62. The first-order chi connectivity index (χ1) is 12.1. The summed E-state index contributed by atoms with van der Waals surface area (Å²) in [6.07, 6.45) is 1.10. The number of nitrogens with one attached hydrogen (secondary N) is 1. The van der Waals surface area contributed by atoms with Crippen LogP contribution in [0.15, 0.2) is 48.5 Å². The molecule has 1 heterocycles. The molecule has 0 unspecified atom stereocenters. The van der Waals surface area contributed by atoms with E-state index in [0.717, 1.165) is 42.9 Å². The van der Waals surface area contributed by atoms with Crippen molar-refractivity contribution in [2.75, 3.05) is 29.9 Å². The van der Waals surface area contributed by atoms with Crippen molar-refractivity contribution in [3.63, 3.8) is 0 Å². The first-order valence-electron chi connectivity index (χ1n) is 9.04. The van der Waals surface area contributed by atoms with Crippen LogP contribution in [0.2, 0.25) is 0 Å². The number of hydrogen-bond acceptors (Lipinski definition) is 2. The molecule has 0 aromatic heterocycles. The van der Waals surface area contributed by atoms with Crippen LogP contribution in [0, 0.1) is 13.8 Å². The maximum Gasteiger partial charge on any atom is 0.322 e. The highest BCUT2D eigenvalue weighted by Gasteiger charge is 2.35. The summed E-state index contributed by atoms with van der Waals surface area (Å²) in [6, 6.07) is 16.9. The van der Waals surface area contributed by atoms with Gasteiger partial charge in [-0.3, -0.25) is 0 Å². The second-order valence-corrected chi connectivity index (χ2v) is 6.78. The summed E-state index contributed by atoms with van der Waals surface area (Å²) in [5.41, 5.74) is 4.37. The normalized spacial score (nSPS) is 14.1. The lowest BCUT2D eigenvalue weighted by atomic mass is 10.1. The molecule has 0 aliphatic carbocycles. The van der Waals surface area contributed by atoms with Crippen LogP contribution < -0.4 is 10.2 Å². The van der Waals surface area contributed by atoms with E-state index >= 15 is 0 Å². The smallest absolute Gasteiger partial charge is 0.322 e. The number of benzene rings is 2. The van der Waals surface area contributed by atoms with Crippen LogP contribution in [0.5, 0.6) is 0 Å². The first kappa shape index (κ1) is 17.3. The number of carbonyl (C=O) groups excluding carboxylic acids is 1. The fourth-order valence-corrected chi connectivity index (χ4v) is 3.40. The van der Waals surface area contributed by atoms with Gasteiger partial charge in [0, 0.05) is 31.0 Å².